The maximum absolute atomic E-state index is 13.5. The zero-order valence-corrected chi connectivity index (χ0v) is 22.6. The standard InChI is InChI=1S/C26H40N8O5/c1-14(2)11-20(23(36)32-15(3)25(38)39)34-24(37)21(12-16-13-31-19-9-5-4-7-17(16)19)33-22(35)18(27)8-6-10-30-26(28)29/h4-5,7,9,13-15,18,20-21,31H,6,8,10-12,27H2,1-3H3,(H,32,36)(H,33,35)(H,34,37)(H,38,39)(H4,28,29,30). The Kier molecular flexibility index (Phi) is 11.7. The summed E-state index contributed by atoms with van der Waals surface area (Å²) in [7, 11) is 0. The van der Waals surface area contributed by atoms with E-state index >= 15 is 0 Å². The number of carboxylic acids is 1. The Balaban J connectivity index is 2.24. The molecule has 0 fully saturated rings. The van der Waals surface area contributed by atoms with E-state index in [-0.39, 0.29) is 31.1 Å². The van der Waals surface area contributed by atoms with Crippen LogP contribution < -0.4 is 33.2 Å². The molecule has 3 amide bonds. The van der Waals surface area contributed by atoms with Gasteiger partial charge in [-0.25, -0.2) is 0 Å². The van der Waals surface area contributed by atoms with Gasteiger partial charge in [0.1, 0.15) is 18.1 Å². The SMILES string of the molecule is CC(C)CC(NC(=O)C(Cc1c[nH]c2ccccc12)NC(=O)C(N)CCCN=C(N)N)C(=O)NC(C)C(=O)O. The minimum Gasteiger partial charge on any atom is -0.480 e. The molecule has 0 bridgehead atoms. The maximum atomic E-state index is 13.5. The number of rotatable bonds is 15. The summed E-state index contributed by atoms with van der Waals surface area (Å²) >= 11 is 0. The van der Waals surface area contributed by atoms with Gasteiger partial charge in [-0.1, -0.05) is 32.0 Å². The van der Waals surface area contributed by atoms with Crippen LogP contribution in [0.2, 0.25) is 0 Å². The Hall–Kier alpha value is -4.13. The van der Waals surface area contributed by atoms with Crippen molar-refractivity contribution in [2.75, 3.05) is 6.54 Å². The van der Waals surface area contributed by atoms with Crippen LogP contribution in [0, 0.1) is 5.92 Å². The van der Waals surface area contributed by atoms with E-state index in [4.69, 9.17) is 22.3 Å². The first kappa shape index (κ1) is 31.1. The van der Waals surface area contributed by atoms with Crippen molar-refractivity contribution in [3.8, 4) is 0 Å². The number of nitrogens with zero attached hydrogens (tertiary/aromatic N) is 1. The molecule has 1 aromatic carbocycles. The van der Waals surface area contributed by atoms with Crippen molar-refractivity contribution in [2.24, 2.45) is 28.1 Å². The molecule has 0 aliphatic carbocycles. The quantitative estimate of drug-likeness (QED) is 0.0840. The zero-order valence-electron chi connectivity index (χ0n) is 22.6. The van der Waals surface area contributed by atoms with E-state index < -0.39 is 47.9 Å². The normalized spacial score (nSPS) is 14.2. The van der Waals surface area contributed by atoms with Gasteiger partial charge in [-0.05, 0) is 43.7 Å². The van der Waals surface area contributed by atoms with Crippen LogP contribution in [0.25, 0.3) is 10.9 Å². The molecular formula is C26H40N8O5. The third kappa shape index (κ3) is 9.93. The lowest BCUT2D eigenvalue weighted by atomic mass is 10.00. The summed E-state index contributed by atoms with van der Waals surface area (Å²) in [6.45, 7) is 5.39. The van der Waals surface area contributed by atoms with Gasteiger partial charge in [-0.3, -0.25) is 24.2 Å². The first-order chi connectivity index (χ1) is 18.4. The second kappa shape index (κ2) is 14.7. The zero-order chi connectivity index (χ0) is 29.1. The van der Waals surface area contributed by atoms with Gasteiger partial charge < -0.3 is 43.2 Å². The van der Waals surface area contributed by atoms with E-state index in [9.17, 15) is 19.2 Å². The highest BCUT2D eigenvalue weighted by Gasteiger charge is 2.30. The number of aromatic amines is 1. The van der Waals surface area contributed by atoms with Crippen LogP contribution in [0.3, 0.4) is 0 Å². The molecule has 0 saturated carbocycles. The third-order valence-electron chi connectivity index (χ3n) is 6.11. The topological polar surface area (TPSA) is 231 Å². The van der Waals surface area contributed by atoms with Crippen molar-refractivity contribution in [1.29, 1.82) is 0 Å². The number of amides is 3. The molecule has 0 aliphatic rings. The first-order valence-corrected chi connectivity index (χ1v) is 12.9. The largest absolute Gasteiger partial charge is 0.480 e. The molecule has 4 atom stereocenters. The van der Waals surface area contributed by atoms with Gasteiger partial charge in [0, 0.05) is 30.1 Å². The van der Waals surface area contributed by atoms with Crippen molar-refractivity contribution < 1.29 is 24.3 Å². The molecule has 4 unspecified atom stereocenters. The molecule has 214 valence electrons. The van der Waals surface area contributed by atoms with E-state index in [1.165, 1.54) is 6.92 Å². The van der Waals surface area contributed by atoms with Gasteiger partial charge in [0.05, 0.1) is 6.04 Å². The number of fused-ring (bicyclic) bond motifs is 1. The molecule has 2 aromatic rings. The van der Waals surface area contributed by atoms with Gasteiger partial charge in [-0.15, -0.1) is 0 Å². The Bertz CT molecular complexity index is 1170. The highest BCUT2D eigenvalue weighted by molar-refractivity contribution is 5.94. The molecular weight excluding hydrogens is 504 g/mol. The minimum absolute atomic E-state index is 0.0153. The number of hydrogen-bond acceptors (Lipinski definition) is 6. The number of para-hydroxylation sites is 1. The number of aliphatic imine (C=N–C) groups is 1. The first-order valence-electron chi connectivity index (χ1n) is 12.9. The van der Waals surface area contributed by atoms with Crippen LogP contribution in [-0.2, 0) is 25.6 Å². The summed E-state index contributed by atoms with van der Waals surface area (Å²) in [6.07, 6.45) is 2.91. The van der Waals surface area contributed by atoms with Crippen molar-refractivity contribution >= 4 is 40.6 Å². The van der Waals surface area contributed by atoms with E-state index in [2.05, 4.69) is 25.9 Å². The highest BCUT2D eigenvalue weighted by atomic mass is 16.4. The van der Waals surface area contributed by atoms with Crippen LogP contribution in [-0.4, -0.2) is 70.5 Å². The van der Waals surface area contributed by atoms with Crippen LogP contribution in [0.5, 0.6) is 0 Å². The fourth-order valence-electron chi connectivity index (χ4n) is 4.01. The monoisotopic (exact) mass is 544 g/mol. The lowest BCUT2D eigenvalue weighted by Crippen LogP contribution is -2.57. The number of H-pyrrole nitrogens is 1. The van der Waals surface area contributed by atoms with Crippen molar-refractivity contribution in [2.45, 2.75) is 70.6 Å². The van der Waals surface area contributed by atoms with Crippen molar-refractivity contribution in [1.82, 2.24) is 20.9 Å². The smallest absolute Gasteiger partial charge is 0.325 e. The fraction of sp³-hybridized carbons (Fsp3) is 0.500. The van der Waals surface area contributed by atoms with Gasteiger partial charge in [0.25, 0.3) is 0 Å². The van der Waals surface area contributed by atoms with Crippen LogP contribution in [0.1, 0.15) is 45.6 Å². The van der Waals surface area contributed by atoms with Gasteiger partial charge in [-0.2, -0.15) is 0 Å². The predicted molar refractivity (Wildman–Crippen MR) is 148 cm³/mol. The van der Waals surface area contributed by atoms with Gasteiger partial charge >= 0.3 is 5.97 Å². The number of nitrogens with two attached hydrogens (primary N) is 3. The number of hydrogen-bond donors (Lipinski definition) is 8. The number of carbonyl (C=O) groups excluding carboxylic acids is 3. The second-order valence-corrected chi connectivity index (χ2v) is 9.94. The van der Waals surface area contributed by atoms with Gasteiger partial charge in [0.15, 0.2) is 5.96 Å². The lowest BCUT2D eigenvalue weighted by Gasteiger charge is -2.25. The fourth-order valence-corrected chi connectivity index (χ4v) is 4.01. The van der Waals surface area contributed by atoms with Gasteiger partial charge in [0.2, 0.25) is 17.7 Å². The Labute approximate surface area is 227 Å². The van der Waals surface area contributed by atoms with E-state index in [1.807, 2.05) is 38.1 Å². The molecule has 0 radical (unpaired) electrons. The van der Waals surface area contributed by atoms with Crippen LogP contribution in [0.4, 0.5) is 0 Å². The molecule has 0 aliphatic heterocycles. The van der Waals surface area contributed by atoms with E-state index in [1.54, 1.807) is 6.20 Å². The lowest BCUT2D eigenvalue weighted by molar-refractivity contribution is -0.141. The Morgan fingerprint density at radius 1 is 0.974 bits per heavy atom. The number of carboxylic acid groups (broad SMARTS) is 1. The highest BCUT2D eigenvalue weighted by Crippen LogP contribution is 2.19. The van der Waals surface area contributed by atoms with Crippen LogP contribution >= 0.6 is 0 Å². The molecule has 1 aromatic heterocycles. The maximum Gasteiger partial charge on any atom is 0.325 e. The summed E-state index contributed by atoms with van der Waals surface area (Å²) < 4.78 is 0. The summed E-state index contributed by atoms with van der Waals surface area (Å²) in [4.78, 5) is 57.5. The Morgan fingerprint density at radius 3 is 2.26 bits per heavy atom. The average molecular weight is 545 g/mol. The molecule has 13 heteroatoms. The number of nitrogens with one attached hydrogen (secondary N) is 4. The average Bonchev–Trinajstić information content (AvgIpc) is 3.27. The predicted octanol–water partition coefficient (Wildman–Crippen LogP) is -0.304. The summed E-state index contributed by atoms with van der Waals surface area (Å²) in [5, 5.41) is 17.9. The summed E-state index contributed by atoms with van der Waals surface area (Å²) in [5.74, 6) is -2.99. The molecule has 2 rings (SSSR count). The minimum atomic E-state index is -1.20. The Morgan fingerprint density at radius 2 is 1.62 bits per heavy atom. The molecule has 1 heterocycles. The number of aliphatic carboxylic acids is 1. The molecule has 0 saturated heterocycles. The number of carbonyl (C=O) groups is 4. The van der Waals surface area contributed by atoms with E-state index in [0.29, 0.717) is 13.0 Å². The third-order valence-corrected chi connectivity index (χ3v) is 6.11. The van der Waals surface area contributed by atoms with Crippen molar-refractivity contribution in [3.63, 3.8) is 0 Å². The number of benzene rings is 1. The van der Waals surface area contributed by atoms with E-state index in [0.717, 1.165) is 16.5 Å². The van der Waals surface area contributed by atoms with Crippen molar-refractivity contribution in [3.05, 3.63) is 36.0 Å². The number of guanidine groups is 1. The molecule has 0 spiro atoms. The molecule has 39 heavy (non-hydrogen) atoms. The summed E-state index contributed by atoms with van der Waals surface area (Å²) in [6, 6.07) is 3.43. The van der Waals surface area contributed by atoms with Crippen LogP contribution in [0.15, 0.2) is 35.5 Å². The molecule has 11 N–H and O–H groups in total. The second-order valence-electron chi connectivity index (χ2n) is 9.94. The molecule has 13 nitrogen and oxygen atoms in total. The number of aromatic nitrogens is 1. The summed E-state index contributed by atoms with van der Waals surface area (Å²) in [5.41, 5.74) is 18.4.